The zero-order chi connectivity index (χ0) is 14.4. The van der Waals surface area contributed by atoms with E-state index in [1.807, 2.05) is 42.5 Å². The van der Waals surface area contributed by atoms with E-state index in [9.17, 15) is 10.2 Å². The van der Waals surface area contributed by atoms with Crippen molar-refractivity contribution < 1.29 is 10.2 Å². The quantitative estimate of drug-likeness (QED) is 0.610. The Morgan fingerprint density at radius 3 is 2.35 bits per heavy atom. The number of phenolic OH excluding ortho intramolecular Hbond substituents is 1. The summed E-state index contributed by atoms with van der Waals surface area (Å²) in [5.41, 5.74) is 0.835. The topological polar surface area (TPSA) is 40.5 Å². The first-order chi connectivity index (χ1) is 9.66. The van der Waals surface area contributed by atoms with E-state index in [0.717, 1.165) is 16.2 Å². The molecule has 0 fully saturated rings. The van der Waals surface area contributed by atoms with Gasteiger partial charge >= 0.3 is 0 Å². The lowest BCUT2D eigenvalue weighted by molar-refractivity contribution is 0.343. The fourth-order valence-corrected chi connectivity index (χ4v) is 2.99. The third-order valence-electron chi connectivity index (χ3n) is 3.12. The van der Waals surface area contributed by atoms with E-state index < -0.39 is 0 Å². The molecule has 20 heavy (non-hydrogen) atoms. The average Bonchev–Trinajstić information content (AvgIpc) is 2.46. The van der Waals surface area contributed by atoms with Crippen LogP contribution in [0.4, 0.5) is 0 Å². The van der Waals surface area contributed by atoms with E-state index in [2.05, 4.69) is 6.58 Å². The van der Waals surface area contributed by atoms with Crippen LogP contribution in [0.3, 0.4) is 0 Å². The summed E-state index contributed by atoms with van der Waals surface area (Å²) < 4.78 is 0. The van der Waals surface area contributed by atoms with E-state index in [1.165, 1.54) is 0 Å². The molecule has 0 bridgehead atoms. The molecule has 0 aromatic heterocycles. The third-order valence-corrected chi connectivity index (χ3v) is 4.30. The van der Waals surface area contributed by atoms with Crippen molar-refractivity contribution in [2.24, 2.45) is 5.92 Å². The number of benzene rings is 2. The molecule has 1 atom stereocenters. The average molecular weight is 286 g/mol. The van der Waals surface area contributed by atoms with Crippen LogP contribution >= 0.6 is 11.8 Å². The molecule has 2 rings (SSSR count). The fraction of sp³-hybridized carbons (Fsp3) is 0.176. The Kier molecular flexibility index (Phi) is 5.13. The van der Waals surface area contributed by atoms with E-state index >= 15 is 0 Å². The van der Waals surface area contributed by atoms with Gasteiger partial charge in [-0.2, -0.15) is 0 Å². The van der Waals surface area contributed by atoms with Crippen LogP contribution in [-0.4, -0.2) is 16.0 Å². The second-order valence-corrected chi connectivity index (χ2v) is 5.74. The number of thioether (sulfide) groups is 1. The normalized spacial score (nSPS) is 12.0. The zero-order valence-electron chi connectivity index (χ0n) is 11.2. The number of aromatic hydroxyl groups is 1. The molecule has 0 spiro atoms. The molecule has 0 amide bonds. The lowest BCUT2D eigenvalue weighted by Gasteiger charge is -2.16. The van der Waals surface area contributed by atoms with E-state index in [1.54, 1.807) is 23.9 Å². The second-order valence-electron chi connectivity index (χ2n) is 4.65. The van der Waals surface area contributed by atoms with Gasteiger partial charge < -0.3 is 10.2 Å². The molecule has 0 heterocycles. The van der Waals surface area contributed by atoms with Gasteiger partial charge in [0.1, 0.15) is 5.75 Å². The van der Waals surface area contributed by atoms with Gasteiger partial charge in [-0.25, -0.2) is 0 Å². The Morgan fingerprint density at radius 1 is 1.05 bits per heavy atom. The highest BCUT2D eigenvalue weighted by atomic mass is 32.2. The highest BCUT2D eigenvalue weighted by molar-refractivity contribution is 7.99. The molecule has 1 unspecified atom stereocenters. The first kappa shape index (κ1) is 14.5. The predicted molar refractivity (Wildman–Crippen MR) is 84.2 cm³/mol. The molecule has 0 aliphatic heterocycles. The predicted octanol–water partition coefficient (Wildman–Crippen LogP) is 4.41. The molecular formula is C17H18O2S. The van der Waals surface area contributed by atoms with Gasteiger partial charge in [0.2, 0.25) is 0 Å². The van der Waals surface area contributed by atoms with Gasteiger partial charge in [0, 0.05) is 16.6 Å². The van der Waals surface area contributed by atoms with Crippen molar-refractivity contribution in [2.75, 3.05) is 5.75 Å². The molecule has 0 aliphatic carbocycles. The van der Waals surface area contributed by atoms with Crippen LogP contribution in [0, 0.1) is 5.92 Å². The minimum absolute atomic E-state index is 0.0755. The van der Waals surface area contributed by atoms with Gasteiger partial charge in [-0.3, -0.25) is 0 Å². The molecule has 0 radical (unpaired) electrons. The van der Waals surface area contributed by atoms with Crippen molar-refractivity contribution in [1.82, 2.24) is 0 Å². The van der Waals surface area contributed by atoms with Crippen LogP contribution in [-0.2, 0) is 6.42 Å². The first-order valence-electron chi connectivity index (χ1n) is 6.49. The van der Waals surface area contributed by atoms with Gasteiger partial charge in [-0.05, 0) is 30.2 Å². The van der Waals surface area contributed by atoms with Crippen molar-refractivity contribution in [1.29, 1.82) is 0 Å². The summed E-state index contributed by atoms with van der Waals surface area (Å²) >= 11 is 1.68. The molecule has 104 valence electrons. The number of rotatable bonds is 6. The maximum Gasteiger partial charge on any atom is 0.118 e. The first-order valence-corrected chi connectivity index (χ1v) is 7.48. The number of allylic oxidation sites excluding steroid dienone is 1. The van der Waals surface area contributed by atoms with E-state index in [-0.39, 0.29) is 17.4 Å². The summed E-state index contributed by atoms with van der Waals surface area (Å²) in [4.78, 5) is 1.16. The molecule has 2 nitrogen and oxygen atoms in total. The maximum atomic E-state index is 9.81. The lowest BCUT2D eigenvalue weighted by Crippen LogP contribution is -2.10. The van der Waals surface area contributed by atoms with Gasteiger partial charge in [0.15, 0.2) is 0 Å². The number of aliphatic hydroxyl groups excluding tert-OH is 1. The Bertz CT molecular complexity index is 566. The molecule has 2 aromatic carbocycles. The van der Waals surface area contributed by atoms with E-state index in [4.69, 9.17) is 0 Å². The summed E-state index contributed by atoms with van der Waals surface area (Å²) in [6.45, 7) is 3.65. The maximum absolute atomic E-state index is 9.81. The highest BCUT2D eigenvalue weighted by Crippen LogP contribution is 2.27. The molecule has 0 aliphatic rings. The summed E-state index contributed by atoms with van der Waals surface area (Å²) in [7, 11) is 0. The fourth-order valence-electron chi connectivity index (χ4n) is 1.94. The lowest BCUT2D eigenvalue weighted by atomic mass is 9.99. The molecule has 2 aromatic rings. The minimum atomic E-state index is -0.0755. The Morgan fingerprint density at radius 2 is 1.70 bits per heavy atom. The van der Waals surface area contributed by atoms with Crippen molar-refractivity contribution >= 4 is 11.8 Å². The molecular weight excluding hydrogens is 268 g/mol. The third kappa shape index (κ3) is 4.07. The molecule has 0 saturated heterocycles. The summed E-state index contributed by atoms with van der Waals surface area (Å²) in [5.74, 6) is 1.09. The number of aliphatic hydroxyl groups is 1. The van der Waals surface area contributed by atoms with Gasteiger partial charge in [-0.15, -0.1) is 11.8 Å². The molecule has 3 heteroatoms. The Hall–Kier alpha value is -1.87. The molecule has 2 N–H and O–H groups in total. The van der Waals surface area contributed by atoms with Crippen LogP contribution in [0.5, 0.6) is 5.75 Å². The zero-order valence-corrected chi connectivity index (χ0v) is 12.0. The van der Waals surface area contributed by atoms with Crippen molar-refractivity contribution in [3.63, 3.8) is 0 Å². The second kappa shape index (κ2) is 7.06. The summed E-state index contributed by atoms with van der Waals surface area (Å²) in [6, 6.07) is 17.3. The highest BCUT2D eigenvalue weighted by Gasteiger charge is 2.15. The van der Waals surface area contributed by atoms with Crippen LogP contribution in [0.25, 0.3) is 0 Å². The monoisotopic (exact) mass is 286 g/mol. The van der Waals surface area contributed by atoms with Crippen molar-refractivity contribution in [3.05, 3.63) is 72.5 Å². The van der Waals surface area contributed by atoms with Gasteiger partial charge in [0.25, 0.3) is 0 Å². The molecule has 0 saturated carbocycles. The number of hydrogen-bond acceptors (Lipinski definition) is 3. The Balaban J connectivity index is 2.01. The number of hydrogen-bond donors (Lipinski definition) is 2. The van der Waals surface area contributed by atoms with E-state index in [0.29, 0.717) is 6.42 Å². The van der Waals surface area contributed by atoms with Gasteiger partial charge in [0.05, 0.1) is 5.76 Å². The Labute approximate surface area is 123 Å². The largest absolute Gasteiger partial charge is 0.513 e. The van der Waals surface area contributed by atoms with Gasteiger partial charge in [-0.1, -0.05) is 43.0 Å². The van der Waals surface area contributed by atoms with Crippen LogP contribution in [0.1, 0.15) is 5.56 Å². The standard InChI is InChI=1S/C17H18O2S/c1-13(18)15(11-14-7-5-6-10-17(14)19)12-20-16-8-3-2-4-9-16/h2-10,15,18-19H,1,11-12H2. The van der Waals surface area contributed by atoms with Crippen LogP contribution in [0.2, 0.25) is 0 Å². The number of para-hydroxylation sites is 1. The minimum Gasteiger partial charge on any atom is -0.513 e. The van der Waals surface area contributed by atoms with Crippen LogP contribution in [0.15, 0.2) is 71.8 Å². The summed E-state index contributed by atoms with van der Waals surface area (Å²) in [6.07, 6.45) is 0.585. The SMILES string of the molecule is C=C(O)C(CSc1ccccc1)Cc1ccccc1O. The van der Waals surface area contributed by atoms with Crippen molar-refractivity contribution in [3.8, 4) is 5.75 Å². The number of phenols is 1. The van der Waals surface area contributed by atoms with Crippen LogP contribution < -0.4 is 0 Å². The van der Waals surface area contributed by atoms with Crippen molar-refractivity contribution in [2.45, 2.75) is 11.3 Å². The smallest absolute Gasteiger partial charge is 0.118 e. The summed E-state index contributed by atoms with van der Waals surface area (Å²) in [5, 5.41) is 19.6.